The van der Waals surface area contributed by atoms with E-state index in [9.17, 15) is 13.6 Å². The van der Waals surface area contributed by atoms with Gasteiger partial charge in [0.1, 0.15) is 12.4 Å². The number of nitrogens with zero attached hydrogens (tertiary/aromatic N) is 2. The zero-order chi connectivity index (χ0) is 22.1. The summed E-state index contributed by atoms with van der Waals surface area (Å²) in [6.07, 6.45) is 7.78. The van der Waals surface area contributed by atoms with Crippen molar-refractivity contribution >= 4 is 17.7 Å². The number of halogens is 2. The predicted octanol–water partition coefficient (Wildman–Crippen LogP) is 4.22. The second-order valence-corrected chi connectivity index (χ2v) is 6.22. The maximum atomic E-state index is 12.7. The number of amides is 1. The van der Waals surface area contributed by atoms with Crippen LogP contribution in [-0.4, -0.2) is 35.8 Å². The SMILES string of the molecule is COc1cccc(/C=C/C(=O)Nc2ccccc2OCCn2ccnc2)c1OC(F)F. The fourth-order valence-corrected chi connectivity index (χ4v) is 2.76. The van der Waals surface area contributed by atoms with E-state index in [1.54, 1.807) is 42.9 Å². The molecule has 7 nitrogen and oxygen atoms in total. The van der Waals surface area contributed by atoms with Gasteiger partial charge in [0, 0.05) is 24.0 Å². The molecule has 0 aliphatic carbocycles. The number of anilines is 1. The molecule has 0 bridgehead atoms. The number of rotatable bonds is 10. The van der Waals surface area contributed by atoms with Crippen LogP contribution in [0.25, 0.3) is 6.08 Å². The largest absolute Gasteiger partial charge is 0.493 e. The Balaban J connectivity index is 1.66. The van der Waals surface area contributed by atoms with Crippen LogP contribution in [0.3, 0.4) is 0 Å². The normalized spacial score (nSPS) is 11.0. The average molecular weight is 429 g/mol. The number of carbonyl (C=O) groups is 1. The van der Waals surface area contributed by atoms with Crippen LogP contribution >= 0.6 is 0 Å². The van der Waals surface area contributed by atoms with Crippen LogP contribution in [0, 0.1) is 0 Å². The summed E-state index contributed by atoms with van der Waals surface area (Å²) < 4.78 is 42.7. The summed E-state index contributed by atoms with van der Waals surface area (Å²) in [4.78, 5) is 16.4. The van der Waals surface area contributed by atoms with Gasteiger partial charge in [-0.1, -0.05) is 24.3 Å². The number of hydrogen-bond acceptors (Lipinski definition) is 5. The van der Waals surface area contributed by atoms with Crippen LogP contribution < -0.4 is 19.5 Å². The fraction of sp³-hybridized carbons (Fsp3) is 0.182. The number of benzene rings is 2. The van der Waals surface area contributed by atoms with Crippen molar-refractivity contribution in [3.63, 3.8) is 0 Å². The van der Waals surface area contributed by atoms with Crippen LogP contribution in [0.2, 0.25) is 0 Å². The van der Waals surface area contributed by atoms with Crippen LogP contribution in [0.4, 0.5) is 14.5 Å². The summed E-state index contributed by atoms with van der Waals surface area (Å²) in [5, 5.41) is 2.72. The summed E-state index contributed by atoms with van der Waals surface area (Å²) >= 11 is 0. The first-order valence-electron chi connectivity index (χ1n) is 9.35. The van der Waals surface area contributed by atoms with Gasteiger partial charge in [0.25, 0.3) is 0 Å². The monoisotopic (exact) mass is 429 g/mol. The second kappa shape index (κ2) is 10.8. The Kier molecular flexibility index (Phi) is 7.58. The molecule has 31 heavy (non-hydrogen) atoms. The lowest BCUT2D eigenvalue weighted by Crippen LogP contribution is -2.11. The Hall–Kier alpha value is -3.88. The molecule has 162 valence electrons. The topological polar surface area (TPSA) is 74.6 Å². The van der Waals surface area contributed by atoms with E-state index in [2.05, 4.69) is 15.0 Å². The molecule has 1 aromatic heterocycles. The number of carbonyl (C=O) groups excluding carboxylic acids is 1. The number of hydrogen-bond donors (Lipinski definition) is 1. The predicted molar refractivity (Wildman–Crippen MR) is 111 cm³/mol. The maximum Gasteiger partial charge on any atom is 0.387 e. The first-order chi connectivity index (χ1) is 15.1. The zero-order valence-electron chi connectivity index (χ0n) is 16.7. The van der Waals surface area contributed by atoms with E-state index in [0.717, 1.165) is 0 Å². The number of aromatic nitrogens is 2. The van der Waals surface area contributed by atoms with Crippen molar-refractivity contribution in [3.05, 3.63) is 72.8 Å². The van der Waals surface area contributed by atoms with E-state index >= 15 is 0 Å². The molecular formula is C22H21F2N3O4. The molecule has 9 heteroatoms. The van der Waals surface area contributed by atoms with Crippen molar-refractivity contribution < 1.29 is 27.8 Å². The van der Waals surface area contributed by atoms with Crippen molar-refractivity contribution in [3.8, 4) is 17.2 Å². The number of imidazole rings is 1. The van der Waals surface area contributed by atoms with Gasteiger partial charge in [0.15, 0.2) is 11.5 Å². The van der Waals surface area contributed by atoms with Crippen LogP contribution in [0.15, 0.2) is 67.3 Å². The van der Waals surface area contributed by atoms with Crippen molar-refractivity contribution in [2.45, 2.75) is 13.2 Å². The van der Waals surface area contributed by atoms with Gasteiger partial charge < -0.3 is 24.1 Å². The van der Waals surface area contributed by atoms with Gasteiger partial charge in [-0.25, -0.2) is 4.98 Å². The van der Waals surface area contributed by atoms with E-state index in [0.29, 0.717) is 24.6 Å². The van der Waals surface area contributed by atoms with Crippen molar-refractivity contribution in [2.24, 2.45) is 0 Å². The Morgan fingerprint density at radius 1 is 1.19 bits per heavy atom. The molecule has 0 aliphatic rings. The average Bonchev–Trinajstić information content (AvgIpc) is 3.27. The Morgan fingerprint density at radius 2 is 2.00 bits per heavy atom. The van der Waals surface area contributed by atoms with Gasteiger partial charge >= 0.3 is 6.61 Å². The highest BCUT2D eigenvalue weighted by Crippen LogP contribution is 2.33. The second-order valence-electron chi connectivity index (χ2n) is 6.22. The summed E-state index contributed by atoms with van der Waals surface area (Å²) in [7, 11) is 1.34. The Labute approximate surface area is 177 Å². The lowest BCUT2D eigenvalue weighted by Gasteiger charge is -2.13. The van der Waals surface area contributed by atoms with E-state index in [1.165, 1.54) is 31.4 Å². The molecule has 2 aromatic carbocycles. The molecule has 0 aliphatic heterocycles. The molecule has 0 radical (unpaired) electrons. The quantitative estimate of drug-likeness (QED) is 0.489. The molecule has 0 fully saturated rings. The number of nitrogens with one attached hydrogen (secondary N) is 1. The van der Waals surface area contributed by atoms with Crippen molar-refractivity contribution in [1.82, 2.24) is 9.55 Å². The molecule has 0 spiro atoms. The third kappa shape index (κ3) is 6.30. The molecule has 0 saturated carbocycles. The number of para-hydroxylation sites is 3. The number of methoxy groups -OCH3 is 1. The van der Waals surface area contributed by atoms with E-state index in [1.807, 2.05) is 10.8 Å². The van der Waals surface area contributed by atoms with E-state index in [-0.39, 0.29) is 17.1 Å². The highest BCUT2D eigenvalue weighted by molar-refractivity contribution is 6.03. The van der Waals surface area contributed by atoms with Crippen LogP contribution in [-0.2, 0) is 11.3 Å². The lowest BCUT2D eigenvalue weighted by atomic mass is 10.1. The molecular weight excluding hydrogens is 408 g/mol. The van der Waals surface area contributed by atoms with E-state index < -0.39 is 12.5 Å². The van der Waals surface area contributed by atoms with Gasteiger partial charge in [0.05, 0.1) is 25.7 Å². The first kappa shape index (κ1) is 21.8. The molecule has 0 unspecified atom stereocenters. The van der Waals surface area contributed by atoms with Gasteiger partial charge in [-0.15, -0.1) is 0 Å². The standard InChI is InChI=1S/C22H21F2N3O4/c1-29-19-8-4-5-16(21(19)31-22(23)24)9-10-20(28)26-17-6-2-3-7-18(17)30-14-13-27-12-11-25-15-27/h2-12,15,22H,13-14H2,1H3,(H,26,28)/b10-9+. The number of alkyl halides is 2. The third-order valence-corrected chi connectivity index (χ3v) is 4.16. The highest BCUT2D eigenvalue weighted by Gasteiger charge is 2.14. The van der Waals surface area contributed by atoms with Crippen molar-refractivity contribution in [1.29, 1.82) is 0 Å². The zero-order valence-corrected chi connectivity index (χ0v) is 16.7. The number of ether oxygens (including phenoxy) is 3. The molecule has 0 atom stereocenters. The fourth-order valence-electron chi connectivity index (χ4n) is 2.76. The van der Waals surface area contributed by atoms with Gasteiger partial charge in [-0.2, -0.15) is 8.78 Å². The summed E-state index contributed by atoms with van der Waals surface area (Å²) in [5.41, 5.74) is 0.761. The minimum Gasteiger partial charge on any atom is -0.493 e. The Morgan fingerprint density at radius 3 is 2.74 bits per heavy atom. The maximum absolute atomic E-state index is 12.7. The Bertz CT molecular complexity index is 1020. The lowest BCUT2D eigenvalue weighted by molar-refractivity contribution is -0.111. The smallest absolute Gasteiger partial charge is 0.387 e. The summed E-state index contributed by atoms with van der Waals surface area (Å²) in [6, 6.07) is 11.6. The van der Waals surface area contributed by atoms with Crippen molar-refractivity contribution in [2.75, 3.05) is 19.0 Å². The summed E-state index contributed by atoms with van der Waals surface area (Å²) in [6.45, 7) is -2.04. The molecule has 1 amide bonds. The molecule has 0 saturated heterocycles. The molecule has 1 N–H and O–H groups in total. The van der Waals surface area contributed by atoms with Gasteiger partial charge in [-0.05, 0) is 24.3 Å². The third-order valence-electron chi connectivity index (χ3n) is 4.16. The molecule has 3 rings (SSSR count). The van der Waals surface area contributed by atoms with Gasteiger partial charge in [0.2, 0.25) is 5.91 Å². The van der Waals surface area contributed by atoms with Gasteiger partial charge in [-0.3, -0.25) is 4.79 Å². The van der Waals surface area contributed by atoms with Crippen LogP contribution in [0.5, 0.6) is 17.2 Å². The molecule has 3 aromatic rings. The highest BCUT2D eigenvalue weighted by atomic mass is 19.3. The minimum atomic E-state index is -3.02. The van der Waals surface area contributed by atoms with Crippen LogP contribution in [0.1, 0.15) is 5.56 Å². The summed E-state index contributed by atoms with van der Waals surface area (Å²) in [5.74, 6) is 0.0377. The van der Waals surface area contributed by atoms with E-state index in [4.69, 9.17) is 9.47 Å². The first-order valence-corrected chi connectivity index (χ1v) is 9.35. The minimum absolute atomic E-state index is 0.138. The molecule has 1 heterocycles.